The Morgan fingerprint density at radius 2 is 1.96 bits per heavy atom. The van der Waals surface area contributed by atoms with Crippen molar-refractivity contribution in [3.8, 4) is 0 Å². The zero-order valence-electron chi connectivity index (χ0n) is 15.0. The van der Waals surface area contributed by atoms with Crippen LogP contribution in [0, 0.1) is 0 Å². The van der Waals surface area contributed by atoms with Crippen LogP contribution in [-0.2, 0) is 4.74 Å². The molecule has 25 heavy (non-hydrogen) atoms. The highest BCUT2D eigenvalue weighted by Gasteiger charge is 2.29. The lowest BCUT2D eigenvalue weighted by atomic mass is 9.94. The molecular weight excluding hydrogens is 316 g/mol. The summed E-state index contributed by atoms with van der Waals surface area (Å²) in [6, 6.07) is 7.37. The predicted octanol–water partition coefficient (Wildman–Crippen LogP) is 4.31. The van der Waals surface area contributed by atoms with E-state index in [1.54, 1.807) is 25.6 Å². The maximum absolute atomic E-state index is 12.9. The summed E-state index contributed by atoms with van der Waals surface area (Å²) in [6.45, 7) is 2.10. The summed E-state index contributed by atoms with van der Waals surface area (Å²) in [5, 5.41) is 0.762. The van der Waals surface area contributed by atoms with Crippen LogP contribution in [0.3, 0.4) is 0 Å². The Morgan fingerprint density at radius 1 is 1.20 bits per heavy atom. The number of esters is 1. The lowest BCUT2D eigenvalue weighted by molar-refractivity contribution is 0.0528. The molecule has 0 spiro atoms. The van der Waals surface area contributed by atoms with Crippen LogP contribution < -0.4 is 0 Å². The first-order chi connectivity index (χ1) is 12.1. The maximum atomic E-state index is 12.9. The van der Waals surface area contributed by atoms with Crippen LogP contribution in [0.4, 0.5) is 4.79 Å². The van der Waals surface area contributed by atoms with Crippen molar-refractivity contribution in [3.63, 3.8) is 0 Å². The molecule has 0 atom stereocenters. The molecule has 132 valence electrons. The van der Waals surface area contributed by atoms with E-state index in [2.05, 4.69) is 6.08 Å². The monoisotopic (exact) mass is 340 g/mol. The predicted molar refractivity (Wildman–Crippen MR) is 98.8 cm³/mol. The first kappa shape index (κ1) is 17.3. The summed E-state index contributed by atoms with van der Waals surface area (Å²) in [4.78, 5) is 27.2. The normalized spacial score (nSPS) is 14.3. The molecule has 1 amide bonds. The Labute approximate surface area is 147 Å². The molecule has 0 radical (unpaired) electrons. The van der Waals surface area contributed by atoms with Crippen molar-refractivity contribution in [1.29, 1.82) is 0 Å². The molecule has 0 bridgehead atoms. The van der Waals surface area contributed by atoms with Crippen molar-refractivity contribution >= 4 is 28.5 Å². The quantitative estimate of drug-likeness (QED) is 0.783. The average Bonchev–Trinajstić information content (AvgIpc) is 2.97. The van der Waals surface area contributed by atoms with E-state index in [0.29, 0.717) is 17.9 Å². The number of para-hydroxylation sites is 1. The molecule has 5 heteroatoms. The molecule has 0 unspecified atom stereocenters. The summed E-state index contributed by atoms with van der Waals surface area (Å²) >= 11 is 0. The Bertz CT molecular complexity index is 846. The van der Waals surface area contributed by atoms with E-state index >= 15 is 0 Å². The Balaban J connectivity index is 2.36. The number of ether oxygens (including phenoxy) is 1. The van der Waals surface area contributed by atoms with Gasteiger partial charge >= 0.3 is 12.0 Å². The summed E-state index contributed by atoms with van der Waals surface area (Å²) in [5.41, 5.74) is 2.99. The standard InChI is InChI=1S/C20H24N2O3/c1-4-25-19(23)17-15-12-8-9-13-16(15)22(20(24)21(2)3)18(17)14-10-6-5-7-11-14/h8-10,12-13H,4-7,11H2,1-3H3. The number of rotatable bonds is 3. The van der Waals surface area contributed by atoms with Gasteiger partial charge in [0.1, 0.15) is 0 Å². The Kier molecular flexibility index (Phi) is 4.93. The number of amides is 1. The van der Waals surface area contributed by atoms with Crippen molar-refractivity contribution in [2.24, 2.45) is 0 Å². The molecule has 0 saturated heterocycles. The molecule has 1 heterocycles. The lowest BCUT2D eigenvalue weighted by Gasteiger charge is -2.19. The van der Waals surface area contributed by atoms with Gasteiger partial charge in [-0.3, -0.25) is 4.57 Å². The van der Waals surface area contributed by atoms with Gasteiger partial charge in [0.2, 0.25) is 0 Å². The van der Waals surface area contributed by atoms with Gasteiger partial charge in [0, 0.05) is 19.5 Å². The topological polar surface area (TPSA) is 51.5 Å². The van der Waals surface area contributed by atoms with Gasteiger partial charge in [-0.1, -0.05) is 24.3 Å². The van der Waals surface area contributed by atoms with E-state index in [9.17, 15) is 9.59 Å². The van der Waals surface area contributed by atoms with E-state index in [4.69, 9.17) is 4.74 Å². The minimum atomic E-state index is -0.370. The first-order valence-electron chi connectivity index (χ1n) is 8.77. The van der Waals surface area contributed by atoms with Crippen LogP contribution in [0.2, 0.25) is 0 Å². The molecule has 2 aromatic rings. The van der Waals surface area contributed by atoms with Crippen LogP contribution in [0.5, 0.6) is 0 Å². The molecular formula is C20H24N2O3. The second-order valence-electron chi connectivity index (χ2n) is 6.45. The number of aromatic nitrogens is 1. The lowest BCUT2D eigenvalue weighted by Crippen LogP contribution is -2.29. The molecule has 1 aromatic carbocycles. The number of hydrogen-bond acceptors (Lipinski definition) is 3. The van der Waals surface area contributed by atoms with E-state index in [1.807, 2.05) is 24.3 Å². The molecule has 1 aliphatic rings. The van der Waals surface area contributed by atoms with Gasteiger partial charge in [-0.2, -0.15) is 0 Å². The van der Waals surface area contributed by atoms with Crippen LogP contribution in [0.1, 0.15) is 48.7 Å². The minimum Gasteiger partial charge on any atom is -0.462 e. The molecule has 5 nitrogen and oxygen atoms in total. The van der Waals surface area contributed by atoms with E-state index in [-0.39, 0.29) is 12.0 Å². The van der Waals surface area contributed by atoms with Crippen molar-refractivity contribution < 1.29 is 14.3 Å². The Hall–Kier alpha value is -2.56. The van der Waals surface area contributed by atoms with Crippen LogP contribution in [0.15, 0.2) is 30.3 Å². The zero-order chi connectivity index (χ0) is 18.0. The number of benzene rings is 1. The molecule has 1 aromatic heterocycles. The van der Waals surface area contributed by atoms with E-state index in [1.165, 1.54) is 4.90 Å². The second kappa shape index (κ2) is 7.13. The zero-order valence-corrected chi connectivity index (χ0v) is 15.0. The van der Waals surface area contributed by atoms with Gasteiger partial charge < -0.3 is 9.64 Å². The molecule has 0 saturated carbocycles. The Morgan fingerprint density at radius 3 is 2.60 bits per heavy atom. The molecule has 0 aliphatic heterocycles. The maximum Gasteiger partial charge on any atom is 0.340 e. The highest BCUT2D eigenvalue weighted by atomic mass is 16.5. The van der Waals surface area contributed by atoms with Crippen LogP contribution in [0.25, 0.3) is 16.5 Å². The van der Waals surface area contributed by atoms with Crippen molar-refractivity contribution in [1.82, 2.24) is 9.47 Å². The number of fused-ring (bicyclic) bond motifs is 1. The summed E-state index contributed by atoms with van der Waals surface area (Å²) < 4.78 is 6.98. The number of allylic oxidation sites excluding steroid dienone is 2. The number of hydrogen-bond donors (Lipinski definition) is 0. The van der Waals surface area contributed by atoms with Crippen molar-refractivity contribution in [3.05, 3.63) is 41.6 Å². The van der Waals surface area contributed by atoms with Gasteiger partial charge in [-0.15, -0.1) is 0 Å². The smallest absolute Gasteiger partial charge is 0.340 e. The SMILES string of the molecule is CCOC(=O)c1c(C2=CCCCC2)n(C(=O)N(C)C)c2ccccc12. The highest BCUT2D eigenvalue weighted by molar-refractivity contribution is 6.12. The molecule has 3 rings (SSSR count). The van der Waals surface area contributed by atoms with E-state index in [0.717, 1.165) is 42.2 Å². The fourth-order valence-electron chi connectivity index (χ4n) is 3.41. The van der Waals surface area contributed by atoms with Gasteiger partial charge in [0.05, 0.1) is 23.4 Å². The number of carbonyl (C=O) groups is 2. The van der Waals surface area contributed by atoms with Gasteiger partial charge in [0.15, 0.2) is 0 Å². The third-order valence-electron chi connectivity index (χ3n) is 4.52. The largest absolute Gasteiger partial charge is 0.462 e. The van der Waals surface area contributed by atoms with Crippen LogP contribution >= 0.6 is 0 Å². The summed E-state index contributed by atoms with van der Waals surface area (Å²) in [7, 11) is 3.44. The van der Waals surface area contributed by atoms with Crippen molar-refractivity contribution in [2.75, 3.05) is 20.7 Å². The van der Waals surface area contributed by atoms with E-state index < -0.39 is 0 Å². The van der Waals surface area contributed by atoms with Gasteiger partial charge in [-0.25, -0.2) is 9.59 Å². The molecule has 1 aliphatic carbocycles. The molecule has 0 fully saturated rings. The summed E-state index contributed by atoms with van der Waals surface area (Å²) in [5.74, 6) is -0.370. The van der Waals surface area contributed by atoms with Gasteiger partial charge in [0.25, 0.3) is 0 Å². The van der Waals surface area contributed by atoms with Gasteiger partial charge in [-0.05, 0) is 44.2 Å². The highest BCUT2D eigenvalue weighted by Crippen LogP contribution is 2.36. The third-order valence-corrected chi connectivity index (χ3v) is 4.52. The first-order valence-corrected chi connectivity index (χ1v) is 8.77. The number of nitrogens with zero attached hydrogens (tertiary/aromatic N) is 2. The fourth-order valence-corrected chi connectivity index (χ4v) is 3.41. The number of carbonyl (C=O) groups excluding carboxylic acids is 2. The average molecular weight is 340 g/mol. The third kappa shape index (κ3) is 3.06. The molecule has 0 N–H and O–H groups in total. The second-order valence-corrected chi connectivity index (χ2v) is 6.45. The van der Waals surface area contributed by atoms with Crippen LogP contribution in [-0.4, -0.2) is 42.2 Å². The minimum absolute atomic E-state index is 0.159. The summed E-state index contributed by atoms with van der Waals surface area (Å²) in [6.07, 6.45) is 6.18. The van der Waals surface area contributed by atoms with Crippen molar-refractivity contribution in [2.45, 2.75) is 32.6 Å². The fraction of sp³-hybridized carbons (Fsp3) is 0.400.